The zero-order chi connectivity index (χ0) is 21.3. The van der Waals surface area contributed by atoms with Crippen molar-refractivity contribution in [2.75, 3.05) is 53.0 Å². The molecule has 2 aliphatic rings. The maximum absolute atomic E-state index is 5.73. The summed E-state index contributed by atoms with van der Waals surface area (Å²) in [7, 11) is 1.82. The Labute approximate surface area is 185 Å². The SMILES string of the molecule is CN=C(NCc1cccc(CN2CCOCC2)c1)NCC(c1ccco1)N1CCCC1. The lowest BCUT2D eigenvalue weighted by Crippen LogP contribution is -2.42. The Hall–Kier alpha value is -2.35. The van der Waals surface area contributed by atoms with Crippen molar-refractivity contribution in [3.8, 4) is 0 Å². The molecule has 1 unspecified atom stereocenters. The lowest BCUT2D eigenvalue weighted by atomic mass is 10.1. The standard InChI is InChI=1S/C24H35N5O2/c1-25-24(27-18-22(23-8-5-13-31-23)29-9-2-3-10-29)26-17-20-6-4-7-21(16-20)19-28-11-14-30-15-12-28/h4-8,13,16,22H,2-3,9-12,14-15,17-19H2,1H3,(H2,25,26,27). The summed E-state index contributed by atoms with van der Waals surface area (Å²) in [5, 5.41) is 6.96. The number of benzene rings is 1. The van der Waals surface area contributed by atoms with Crippen molar-refractivity contribution in [3.63, 3.8) is 0 Å². The van der Waals surface area contributed by atoms with Crippen LogP contribution in [0.5, 0.6) is 0 Å². The molecule has 7 nitrogen and oxygen atoms in total. The van der Waals surface area contributed by atoms with Crippen LogP contribution in [0.2, 0.25) is 0 Å². The minimum Gasteiger partial charge on any atom is -0.468 e. The summed E-state index contributed by atoms with van der Waals surface area (Å²) in [4.78, 5) is 9.36. The van der Waals surface area contributed by atoms with Crippen LogP contribution in [-0.4, -0.2) is 68.7 Å². The van der Waals surface area contributed by atoms with E-state index in [-0.39, 0.29) is 6.04 Å². The molecule has 2 aromatic rings. The molecule has 7 heteroatoms. The van der Waals surface area contributed by atoms with Crippen LogP contribution in [0, 0.1) is 0 Å². The van der Waals surface area contributed by atoms with E-state index in [1.165, 1.54) is 24.0 Å². The van der Waals surface area contributed by atoms with Gasteiger partial charge in [-0.1, -0.05) is 24.3 Å². The van der Waals surface area contributed by atoms with Crippen molar-refractivity contribution in [2.24, 2.45) is 4.99 Å². The van der Waals surface area contributed by atoms with Gasteiger partial charge in [0.2, 0.25) is 0 Å². The van der Waals surface area contributed by atoms with E-state index in [9.17, 15) is 0 Å². The Bertz CT molecular complexity index is 811. The van der Waals surface area contributed by atoms with Gasteiger partial charge in [0.15, 0.2) is 5.96 Å². The number of guanidine groups is 1. The second kappa shape index (κ2) is 11.3. The van der Waals surface area contributed by atoms with E-state index in [1.54, 1.807) is 6.26 Å². The van der Waals surface area contributed by atoms with E-state index in [4.69, 9.17) is 9.15 Å². The Morgan fingerprint density at radius 3 is 2.58 bits per heavy atom. The first kappa shape index (κ1) is 21.9. The van der Waals surface area contributed by atoms with Gasteiger partial charge in [-0.25, -0.2) is 0 Å². The van der Waals surface area contributed by atoms with Crippen LogP contribution in [0.3, 0.4) is 0 Å². The normalized spacial score (nSPS) is 19.5. The average molecular weight is 426 g/mol. The number of hydrogen-bond acceptors (Lipinski definition) is 5. The Kier molecular flexibility index (Phi) is 7.98. The van der Waals surface area contributed by atoms with Crippen LogP contribution in [0.15, 0.2) is 52.1 Å². The molecular formula is C24H35N5O2. The van der Waals surface area contributed by atoms with Crippen molar-refractivity contribution in [2.45, 2.75) is 32.0 Å². The number of rotatable bonds is 8. The highest BCUT2D eigenvalue weighted by Gasteiger charge is 2.25. The Morgan fingerprint density at radius 2 is 1.84 bits per heavy atom. The largest absolute Gasteiger partial charge is 0.468 e. The van der Waals surface area contributed by atoms with Gasteiger partial charge in [-0.3, -0.25) is 14.8 Å². The number of nitrogens with zero attached hydrogens (tertiary/aromatic N) is 3. The van der Waals surface area contributed by atoms with Crippen molar-refractivity contribution < 1.29 is 9.15 Å². The zero-order valence-electron chi connectivity index (χ0n) is 18.6. The third-order valence-electron chi connectivity index (χ3n) is 6.10. The fraction of sp³-hybridized carbons (Fsp3) is 0.542. The number of furan rings is 1. The average Bonchev–Trinajstić information content (AvgIpc) is 3.52. The second-order valence-corrected chi connectivity index (χ2v) is 8.29. The van der Waals surface area contributed by atoms with Crippen molar-refractivity contribution in [1.82, 2.24) is 20.4 Å². The number of morpholine rings is 1. The topological polar surface area (TPSA) is 65.3 Å². The Balaban J connectivity index is 1.29. The van der Waals surface area contributed by atoms with Gasteiger partial charge in [-0.2, -0.15) is 0 Å². The first-order chi connectivity index (χ1) is 15.3. The predicted molar refractivity (Wildman–Crippen MR) is 123 cm³/mol. The highest BCUT2D eigenvalue weighted by molar-refractivity contribution is 5.79. The van der Waals surface area contributed by atoms with Crippen LogP contribution < -0.4 is 10.6 Å². The molecule has 168 valence electrons. The number of nitrogens with one attached hydrogen (secondary N) is 2. The van der Waals surface area contributed by atoms with Gasteiger partial charge >= 0.3 is 0 Å². The summed E-state index contributed by atoms with van der Waals surface area (Å²) in [5.41, 5.74) is 2.60. The van der Waals surface area contributed by atoms with Crippen molar-refractivity contribution in [1.29, 1.82) is 0 Å². The smallest absolute Gasteiger partial charge is 0.191 e. The maximum Gasteiger partial charge on any atom is 0.191 e. The number of ether oxygens (including phenoxy) is 1. The van der Waals surface area contributed by atoms with Crippen molar-refractivity contribution >= 4 is 5.96 Å². The van der Waals surface area contributed by atoms with Gasteiger partial charge in [0, 0.05) is 39.8 Å². The molecular weight excluding hydrogens is 390 g/mol. The fourth-order valence-electron chi connectivity index (χ4n) is 4.40. The van der Waals surface area contributed by atoms with E-state index in [0.29, 0.717) is 0 Å². The molecule has 3 heterocycles. The molecule has 2 fully saturated rings. The second-order valence-electron chi connectivity index (χ2n) is 8.29. The quantitative estimate of drug-likeness (QED) is 0.501. The monoisotopic (exact) mass is 425 g/mol. The molecule has 0 bridgehead atoms. The summed E-state index contributed by atoms with van der Waals surface area (Å²) >= 11 is 0. The Morgan fingerprint density at radius 1 is 1.03 bits per heavy atom. The summed E-state index contributed by atoms with van der Waals surface area (Å²) in [5.74, 6) is 1.83. The lowest BCUT2D eigenvalue weighted by Gasteiger charge is -2.27. The van der Waals surface area contributed by atoms with Crippen LogP contribution >= 0.6 is 0 Å². The van der Waals surface area contributed by atoms with Gasteiger partial charge in [0.05, 0.1) is 25.5 Å². The molecule has 0 aliphatic carbocycles. The molecule has 0 amide bonds. The molecule has 0 saturated carbocycles. The van der Waals surface area contributed by atoms with Crippen LogP contribution in [0.1, 0.15) is 35.8 Å². The van der Waals surface area contributed by atoms with E-state index in [2.05, 4.69) is 55.8 Å². The van der Waals surface area contributed by atoms with Gasteiger partial charge < -0.3 is 19.8 Å². The van der Waals surface area contributed by atoms with E-state index >= 15 is 0 Å². The van der Waals surface area contributed by atoms with Crippen LogP contribution in [-0.2, 0) is 17.8 Å². The molecule has 2 N–H and O–H groups in total. The van der Waals surface area contributed by atoms with Gasteiger partial charge in [0.1, 0.15) is 5.76 Å². The van der Waals surface area contributed by atoms with Crippen LogP contribution in [0.25, 0.3) is 0 Å². The molecule has 1 atom stereocenters. The molecule has 0 radical (unpaired) electrons. The van der Waals surface area contributed by atoms with E-state index in [1.807, 2.05) is 13.1 Å². The summed E-state index contributed by atoms with van der Waals surface area (Å²) < 4.78 is 11.2. The summed E-state index contributed by atoms with van der Waals surface area (Å²) in [6, 6.07) is 13.1. The molecule has 1 aromatic carbocycles. The third kappa shape index (κ3) is 6.32. The first-order valence-corrected chi connectivity index (χ1v) is 11.4. The lowest BCUT2D eigenvalue weighted by molar-refractivity contribution is 0.0342. The third-order valence-corrected chi connectivity index (χ3v) is 6.10. The van der Waals surface area contributed by atoms with E-state index in [0.717, 1.165) is 70.7 Å². The maximum atomic E-state index is 5.73. The van der Waals surface area contributed by atoms with E-state index < -0.39 is 0 Å². The first-order valence-electron chi connectivity index (χ1n) is 11.4. The van der Waals surface area contributed by atoms with Crippen molar-refractivity contribution in [3.05, 3.63) is 59.5 Å². The van der Waals surface area contributed by atoms with Gasteiger partial charge in [-0.15, -0.1) is 0 Å². The molecule has 4 rings (SSSR count). The predicted octanol–water partition coefficient (Wildman–Crippen LogP) is 2.61. The fourth-order valence-corrected chi connectivity index (χ4v) is 4.40. The minimum absolute atomic E-state index is 0.230. The number of likely N-dealkylation sites (tertiary alicyclic amines) is 1. The highest BCUT2D eigenvalue weighted by Crippen LogP contribution is 2.24. The molecule has 2 saturated heterocycles. The molecule has 31 heavy (non-hydrogen) atoms. The van der Waals surface area contributed by atoms with Gasteiger partial charge in [-0.05, 0) is 49.2 Å². The van der Waals surface area contributed by atoms with Gasteiger partial charge in [0.25, 0.3) is 0 Å². The summed E-state index contributed by atoms with van der Waals surface area (Å²) in [6.45, 7) is 8.41. The molecule has 1 aromatic heterocycles. The zero-order valence-corrected chi connectivity index (χ0v) is 18.6. The number of hydrogen-bond donors (Lipinski definition) is 2. The minimum atomic E-state index is 0.230. The molecule has 2 aliphatic heterocycles. The highest BCUT2D eigenvalue weighted by atomic mass is 16.5. The summed E-state index contributed by atoms with van der Waals surface area (Å²) in [6.07, 6.45) is 4.27. The van der Waals surface area contributed by atoms with Crippen LogP contribution in [0.4, 0.5) is 0 Å². The molecule has 0 spiro atoms. The number of aliphatic imine (C=N–C) groups is 1.